The highest BCUT2D eigenvalue weighted by Crippen LogP contribution is 2.27. The Hall–Kier alpha value is -2.06. The van der Waals surface area contributed by atoms with E-state index in [4.69, 9.17) is 11.6 Å². The van der Waals surface area contributed by atoms with E-state index in [9.17, 15) is 18.3 Å². The Morgan fingerprint density at radius 3 is 2.78 bits per heavy atom. The molecule has 2 aromatic rings. The first-order valence-corrected chi connectivity index (χ1v) is 8.88. The number of hydrogen-bond acceptors (Lipinski definition) is 5. The van der Waals surface area contributed by atoms with Gasteiger partial charge >= 0.3 is 0 Å². The molecule has 0 saturated carbocycles. The summed E-state index contributed by atoms with van der Waals surface area (Å²) in [5.74, 6) is -0.640. The quantitative estimate of drug-likeness (QED) is 0.770. The lowest BCUT2D eigenvalue weighted by atomic mass is 10.3. The maximum atomic E-state index is 11.9. The van der Waals surface area contributed by atoms with E-state index in [-0.39, 0.29) is 34.4 Å². The van der Waals surface area contributed by atoms with Crippen molar-refractivity contribution >= 4 is 33.0 Å². The number of benzene rings is 1. The predicted octanol–water partition coefficient (Wildman–Crippen LogP) is 2.06. The van der Waals surface area contributed by atoms with Crippen molar-refractivity contribution in [3.8, 4) is 5.75 Å². The summed E-state index contributed by atoms with van der Waals surface area (Å²) in [5.41, 5.74) is 0.0584. The summed E-state index contributed by atoms with van der Waals surface area (Å²) >= 11 is 5.73. The number of carbonyl (C=O) groups is 1. The maximum absolute atomic E-state index is 11.9. The number of nitrogens with one attached hydrogen (secondary N) is 1. The van der Waals surface area contributed by atoms with Gasteiger partial charge in [0.25, 0.3) is 0 Å². The number of anilines is 1. The zero-order valence-corrected chi connectivity index (χ0v) is 13.9. The Kier molecular flexibility index (Phi) is 5.27. The second-order valence-electron chi connectivity index (χ2n) is 4.80. The third-order valence-electron chi connectivity index (χ3n) is 3.15. The fourth-order valence-corrected chi connectivity index (χ4v) is 2.93. The molecule has 0 saturated heterocycles. The van der Waals surface area contributed by atoms with Crippen molar-refractivity contribution in [3.05, 3.63) is 35.6 Å². The van der Waals surface area contributed by atoms with Crippen molar-refractivity contribution in [1.29, 1.82) is 0 Å². The van der Waals surface area contributed by atoms with Crippen LogP contribution in [0.4, 0.5) is 5.69 Å². The molecule has 1 aromatic carbocycles. The molecular weight excluding hydrogens is 342 g/mol. The molecule has 2 N–H and O–H groups in total. The van der Waals surface area contributed by atoms with Crippen LogP contribution < -0.4 is 5.32 Å². The molecular formula is C14H16ClN3O4S. The van der Waals surface area contributed by atoms with E-state index in [2.05, 4.69) is 10.4 Å². The molecule has 2 rings (SSSR count). The summed E-state index contributed by atoms with van der Waals surface area (Å²) in [4.78, 5) is 12.0. The van der Waals surface area contributed by atoms with E-state index in [1.807, 2.05) is 0 Å². The lowest BCUT2D eigenvalue weighted by Gasteiger charge is -2.09. The van der Waals surface area contributed by atoms with Crippen LogP contribution in [0.2, 0.25) is 5.02 Å². The van der Waals surface area contributed by atoms with Crippen molar-refractivity contribution in [2.75, 3.05) is 11.1 Å². The molecule has 9 heteroatoms. The van der Waals surface area contributed by atoms with Crippen LogP contribution in [0.25, 0.3) is 0 Å². The zero-order valence-electron chi connectivity index (χ0n) is 12.4. The van der Waals surface area contributed by atoms with Crippen LogP contribution in [0.1, 0.15) is 13.3 Å². The topological polar surface area (TPSA) is 101 Å². The van der Waals surface area contributed by atoms with Crippen molar-refractivity contribution in [3.63, 3.8) is 0 Å². The minimum Gasteiger partial charge on any atom is -0.506 e. The number of phenols is 1. The number of rotatable bonds is 6. The average Bonchev–Trinajstić information content (AvgIpc) is 2.93. The smallest absolute Gasteiger partial charge is 0.226 e. The minimum absolute atomic E-state index is 0.0481. The first-order valence-electron chi connectivity index (χ1n) is 6.85. The molecule has 0 bridgehead atoms. The normalized spacial score (nSPS) is 11.4. The van der Waals surface area contributed by atoms with Crippen molar-refractivity contribution in [2.45, 2.75) is 24.8 Å². The lowest BCUT2D eigenvalue weighted by Crippen LogP contribution is -2.15. The number of sulfone groups is 1. The van der Waals surface area contributed by atoms with Crippen LogP contribution in [-0.4, -0.2) is 35.0 Å². The van der Waals surface area contributed by atoms with E-state index in [0.717, 1.165) is 0 Å². The van der Waals surface area contributed by atoms with Gasteiger partial charge in [-0.3, -0.25) is 9.48 Å². The van der Waals surface area contributed by atoms with Crippen LogP contribution in [-0.2, 0) is 21.2 Å². The van der Waals surface area contributed by atoms with Gasteiger partial charge in [0, 0.05) is 19.2 Å². The van der Waals surface area contributed by atoms with Gasteiger partial charge in [-0.15, -0.1) is 0 Å². The first kappa shape index (κ1) is 17.3. The highest BCUT2D eigenvalue weighted by molar-refractivity contribution is 7.91. The van der Waals surface area contributed by atoms with Gasteiger partial charge in [-0.05, 0) is 18.2 Å². The molecule has 23 heavy (non-hydrogen) atoms. The van der Waals surface area contributed by atoms with Gasteiger partial charge in [-0.25, -0.2) is 8.42 Å². The van der Waals surface area contributed by atoms with Crippen LogP contribution in [0.15, 0.2) is 35.5 Å². The molecule has 1 aromatic heterocycles. The van der Waals surface area contributed by atoms with Crippen LogP contribution in [0, 0.1) is 0 Å². The number of carbonyl (C=O) groups excluding carboxylic acids is 1. The summed E-state index contributed by atoms with van der Waals surface area (Å²) in [6.07, 6.45) is 3.15. The summed E-state index contributed by atoms with van der Waals surface area (Å²) in [6, 6.07) is 3.79. The Morgan fingerprint density at radius 2 is 2.17 bits per heavy atom. The number of nitrogens with zero attached hydrogens (tertiary/aromatic N) is 2. The predicted molar refractivity (Wildman–Crippen MR) is 86.3 cm³/mol. The Labute approximate surface area is 138 Å². The standard InChI is InChI=1S/C14H16ClN3O4S/c1-2-23(21,22)11-3-4-13(19)12(7-11)17-14(20)5-6-18-9-10(15)8-16-18/h3-4,7-9,19H,2,5-6H2,1H3,(H,17,20). The van der Waals surface area contributed by atoms with E-state index in [1.165, 1.54) is 36.0 Å². The molecule has 0 spiro atoms. The number of aryl methyl sites for hydroxylation is 1. The molecule has 0 radical (unpaired) electrons. The van der Waals surface area contributed by atoms with E-state index < -0.39 is 9.84 Å². The van der Waals surface area contributed by atoms with Crippen molar-refractivity contribution < 1.29 is 18.3 Å². The first-order chi connectivity index (χ1) is 10.8. The van der Waals surface area contributed by atoms with Gasteiger partial charge < -0.3 is 10.4 Å². The van der Waals surface area contributed by atoms with Crippen LogP contribution >= 0.6 is 11.6 Å². The third kappa shape index (κ3) is 4.46. The number of aromatic nitrogens is 2. The van der Waals surface area contributed by atoms with Crippen LogP contribution in [0.3, 0.4) is 0 Å². The van der Waals surface area contributed by atoms with Gasteiger partial charge in [0.15, 0.2) is 9.84 Å². The fourth-order valence-electron chi connectivity index (χ4n) is 1.86. The molecule has 0 aliphatic rings. The maximum Gasteiger partial charge on any atom is 0.226 e. The highest BCUT2D eigenvalue weighted by Gasteiger charge is 2.15. The second kappa shape index (κ2) is 7.01. The summed E-state index contributed by atoms with van der Waals surface area (Å²) in [7, 11) is -3.42. The molecule has 0 unspecified atom stereocenters. The number of halogens is 1. The van der Waals surface area contributed by atoms with E-state index in [1.54, 1.807) is 6.20 Å². The fraction of sp³-hybridized carbons (Fsp3) is 0.286. The summed E-state index contributed by atoms with van der Waals surface area (Å²) < 4.78 is 25.2. The molecule has 0 aliphatic carbocycles. The largest absolute Gasteiger partial charge is 0.506 e. The van der Waals surface area contributed by atoms with Gasteiger partial charge in [0.1, 0.15) is 5.75 Å². The molecule has 0 aliphatic heterocycles. The lowest BCUT2D eigenvalue weighted by molar-refractivity contribution is -0.116. The highest BCUT2D eigenvalue weighted by atomic mass is 35.5. The molecule has 1 amide bonds. The zero-order chi connectivity index (χ0) is 17.0. The number of amides is 1. The molecule has 0 atom stereocenters. The van der Waals surface area contributed by atoms with Gasteiger partial charge in [0.2, 0.25) is 5.91 Å². The monoisotopic (exact) mass is 357 g/mol. The molecule has 124 valence electrons. The van der Waals surface area contributed by atoms with Gasteiger partial charge in [-0.2, -0.15) is 5.10 Å². The summed E-state index contributed by atoms with van der Waals surface area (Å²) in [6.45, 7) is 1.84. The SMILES string of the molecule is CCS(=O)(=O)c1ccc(O)c(NC(=O)CCn2cc(Cl)cn2)c1. The van der Waals surface area contributed by atoms with Gasteiger partial charge in [-0.1, -0.05) is 18.5 Å². The minimum atomic E-state index is -3.42. The molecule has 7 nitrogen and oxygen atoms in total. The van der Waals surface area contributed by atoms with E-state index in [0.29, 0.717) is 11.6 Å². The Balaban J connectivity index is 2.06. The third-order valence-corrected chi connectivity index (χ3v) is 5.08. The van der Waals surface area contributed by atoms with E-state index >= 15 is 0 Å². The average molecular weight is 358 g/mol. The molecule has 0 fully saturated rings. The van der Waals surface area contributed by atoms with Crippen LogP contribution in [0.5, 0.6) is 5.75 Å². The number of aromatic hydroxyl groups is 1. The van der Waals surface area contributed by atoms with Crippen molar-refractivity contribution in [1.82, 2.24) is 9.78 Å². The number of hydrogen-bond donors (Lipinski definition) is 2. The Morgan fingerprint density at radius 1 is 1.43 bits per heavy atom. The van der Waals surface area contributed by atoms with Crippen molar-refractivity contribution in [2.24, 2.45) is 0 Å². The number of phenolic OH excluding ortho intramolecular Hbond substituents is 1. The second-order valence-corrected chi connectivity index (χ2v) is 7.52. The molecule has 1 heterocycles. The summed E-state index contributed by atoms with van der Waals surface area (Å²) in [5, 5.41) is 16.7. The van der Waals surface area contributed by atoms with Gasteiger partial charge in [0.05, 0.1) is 27.6 Å². The Bertz CT molecular complexity index is 817.